The van der Waals surface area contributed by atoms with Gasteiger partial charge in [0.2, 0.25) is 0 Å². The summed E-state index contributed by atoms with van der Waals surface area (Å²) >= 11 is 0. The third-order valence-electron chi connectivity index (χ3n) is 4.02. The van der Waals surface area contributed by atoms with Crippen LogP contribution in [0.2, 0.25) is 0 Å². The molecule has 0 aromatic heterocycles. The lowest BCUT2D eigenvalue weighted by atomic mass is 10.1. The van der Waals surface area contributed by atoms with Crippen molar-refractivity contribution in [2.45, 2.75) is 38.9 Å². The Labute approximate surface area is 121 Å². The van der Waals surface area contributed by atoms with Crippen molar-refractivity contribution in [1.29, 1.82) is 0 Å². The summed E-state index contributed by atoms with van der Waals surface area (Å²) in [5, 5.41) is 3.32. The number of nitrogens with one attached hydrogen (secondary N) is 1. The molecule has 3 nitrogen and oxygen atoms in total. The number of likely N-dealkylation sites (N-methyl/N-ethyl adjacent to an activating group) is 1. The molecule has 1 unspecified atom stereocenters. The number of rotatable bonds is 5. The SMILES string of the molecule is CC(C)NCc1c(F)cccc1N1CCC(N(C)C)C1. The van der Waals surface area contributed by atoms with E-state index in [1.165, 1.54) is 0 Å². The maximum Gasteiger partial charge on any atom is 0.129 e. The number of anilines is 1. The molecule has 1 aromatic carbocycles. The topological polar surface area (TPSA) is 18.5 Å². The fraction of sp³-hybridized carbons (Fsp3) is 0.625. The largest absolute Gasteiger partial charge is 0.370 e. The van der Waals surface area contributed by atoms with E-state index in [0.717, 1.165) is 30.8 Å². The van der Waals surface area contributed by atoms with E-state index in [-0.39, 0.29) is 5.82 Å². The zero-order valence-corrected chi connectivity index (χ0v) is 13.0. The normalized spacial score (nSPS) is 19.4. The van der Waals surface area contributed by atoms with Gasteiger partial charge in [0.15, 0.2) is 0 Å². The number of benzene rings is 1. The maximum absolute atomic E-state index is 14.1. The molecule has 20 heavy (non-hydrogen) atoms. The fourth-order valence-corrected chi connectivity index (χ4v) is 2.71. The van der Waals surface area contributed by atoms with Crippen LogP contribution in [0.4, 0.5) is 10.1 Å². The van der Waals surface area contributed by atoms with Crippen molar-refractivity contribution in [2.75, 3.05) is 32.1 Å². The molecule has 0 amide bonds. The molecular formula is C16H26FN3. The van der Waals surface area contributed by atoms with Gasteiger partial charge in [-0.25, -0.2) is 4.39 Å². The van der Waals surface area contributed by atoms with Crippen LogP contribution in [0, 0.1) is 5.82 Å². The maximum atomic E-state index is 14.1. The van der Waals surface area contributed by atoms with Gasteiger partial charge in [0.25, 0.3) is 0 Å². The van der Waals surface area contributed by atoms with Crippen molar-refractivity contribution in [3.05, 3.63) is 29.6 Å². The third kappa shape index (κ3) is 3.49. The molecule has 1 aliphatic rings. The molecule has 112 valence electrons. The molecule has 1 atom stereocenters. The standard InChI is InChI=1S/C16H26FN3/c1-12(2)18-10-14-15(17)6-5-7-16(14)20-9-8-13(11-20)19(3)4/h5-7,12-13,18H,8-11H2,1-4H3. The van der Waals surface area contributed by atoms with Gasteiger partial charge in [-0.05, 0) is 32.6 Å². The zero-order valence-electron chi connectivity index (χ0n) is 13.0. The highest BCUT2D eigenvalue weighted by atomic mass is 19.1. The molecule has 0 bridgehead atoms. The summed E-state index contributed by atoms with van der Waals surface area (Å²) in [6.45, 7) is 6.73. The Morgan fingerprint density at radius 1 is 1.40 bits per heavy atom. The van der Waals surface area contributed by atoms with Crippen LogP contribution < -0.4 is 10.2 Å². The minimum absolute atomic E-state index is 0.107. The van der Waals surface area contributed by atoms with E-state index < -0.39 is 0 Å². The Bertz CT molecular complexity index is 445. The molecule has 1 aromatic rings. The Morgan fingerprint density at radius 2 is 2.15 bits per heavy atom. The van der Waals surface area contributed by atoms with Gasteiger partial charge >= 0.3 is 0 Å². The van der Waals surface area contributed by atoms with Crippen molar-refractivity contribution < 1.29 is 4.39 Å². The number of hydrogen-bond donors (Lipinski definition) is 1. The smallest absolute Gasteiger partial charge is 0.129 e. The van der Waals surface area contributed by atoms with Crippen molar-refractivity contribution in [3.8, 4) is 0 Å². The highest BCUT2D eigenvalue weighted by Gasteiger charge is 2.26. The summed E-state index contributed by atoms with van der Waals surface area (Å²) in [7, 11) is 4.22. The second kappa shape index (κ2) is 6.55. The first-order valence-electron chi connectivity index (χ1n) is 7.41. The molecule has 1 aliphatic heterocycles. The van der Waals surface area contributed by atoms with E-state index in [1.807, 2.05) is 12.1 Å². The molecule has 2 rings (SSSR count). The monoisotopic (exact) mass is 279 g/mol. The van der Waals surface area contributed by atoms with Gasteiger partial charge < -0.3 is 15.1 Å². The van der Waals surface area contributed by atoms with Gasteiger partial charge in [-0.15, -0.1) is 0 Å². The molecular weight excluding hydrogens is 253 g/mol. The second-order valence-electron chi connectivity index (χ2n) is 6.13. The van der Waals surface area contributed by atoms with Crippen LogP contribution in [0.1, 0.15) is 25.8 Å². The van der Waals surface area contributed by atoms with E-state index in [0.29, 0.717) is 18.6 Å². The minimum Gasteiger partial charge on any atom is -0.370 e. The van der Waals surface area contributed by atoms with Crippen LogP contribution in [-0.2, 0) is 6.54 Å². The van der Waals surface area contributed by atoms with Crippen LogP contribution >= 0.6 is 0 Å². The zero-order chi connectivity index (χ0) is 14.7. The lowest BCUT2D eigenvalue weighted by Gasteiger charge is -2.24. The van der Waals surface area contributed by atoms with Crippen LogP contribution in [0.5, 0.6) is 0 Å². The second-order valence-corrected chi connectivity index (χ2v) is 6.13. The first kappa shape index (κ1) is 15.3. The van der Waals surface area contributed by atoms with Crippen LogP contribution in [0.3, 0.4) is 0 Å². The summed E-state index contributed by atoms with van der Waals surface area (Å²) in [5.74, 6) is -0.107. The Hall–Kier alpha value is -1.13. The summed E-state index contributed by atoms with van der Waals surface area (Å²) < 4.78 is 14.1. The summed E-state index contributed by atoms with van der Waals surface area (Å²) in [6.07, 6.45) is 1.14. The average molecular weight is 279 g/mol. The molecule has 1 fully saturated rings. The quantitative estimate of drug-likeness (QED) is 0.893. The summed E-state index contributed by atoms with van der Waals surface area (Å²) in [6, 6.07) is 6.32. The molecule has 1 saturated heterocycles. The van der Waals surface area contributed by atoms with E-state index in [9.17, 15) is 4.39 Å². The van der Waals surface area contributed by atoms with Crippen molar-refractivity contribution >= 4 is 5.69 Å². The van der Waals surface area contributed by atoms with E-state index >= 15 is 0 Å². The highest BCUT2D eigenvalue weighted by molar-refractivity contribution is 5.55. The molecule has 0 radical (unpaired) electrons. The third-order valence-corrected chi connectivity index (χ3v) is 4.02. The molecule has 0 saturated carbocycles. The van der Waals surface area contributed by atoms with E-state index in [4.69, 9.17) is 0 Å². The van der Waals surface area contributed by atoms with Crippen LogP contribution in [0.25, 0.3) is 0 Å². The van der Waals surface area contributed by atoms with Gasteiger partial charge in [-0.1, -0.05) is 19.9 Å². The van der Waals surface area contributed by atoms with Crippen molar-refractivity contribution in [3.63, 3.8) is 0 Å². The first-order valence-corrected chi connectivity index (χ1v) is 7.41. The predicted molar refractivity (Wildman–Crippen MR) is 82.7 cm³/mol. The van der Waals surface area contributed by atoms with Crippen molar-refractivity contribution in [1.82, 2.24) is 10.2 Å². The minimum atomic E-state index is -0.107. The van der Waals surface area contributed by atoms with Crippen LogP contribution in [-0.4, -0.2) is 44.2 Å². The molecule has 1 heterocycles. The van der Waals surface area contributed by atoms with Crippen molar-refractivity contribution in [2.24, 2.45) is 0 Å². The number of hydrogen-bond acceptors (Lipinski definition) is 3. The Morgan fingerprint density at radius 3 is 2.75 bits per heavy atom. The summed E-state index contributed by atoms with van der Waals surface area (Å²) in [4.78, 5) is 4.57. The highest BCUT2D eigenvalue weighted by Crippen LogP contribution is 2.27. The fourth-order valence-electron chi connectivity index (χ4n) is 2.71. The average Bonchev–Trinajstić information content (AvgIpc) is 2.86. The van der Waals surface area contributed by atoms with Gasteiger partial charge in [-0.3, -0.25) is 0 Å². The first-order chi connectivity index (χ1) is 9.49. The van der Waals surface area contributed by atoms with Gasteiger partial charge in [0.05, 0.1) is 0 Å². The number of halogens is 1. The molecule has 4 heteroatoms. The molecule has 0 spiro atoms. The molecule has 0 aliphatic carbocycles. The van der Waals surface area contributed by atoms with Gasteiger partial charge in [0.1, 0.15) is 5.82 Å². The lowest BCUT2D eigenvalue weighted by molar-refractivity contribution is 0.315. The van der Waals surface area contributed by atoms with Gasteiger partial charge in [-0.2, -0.15) is 0 Å². The predicted octanol–water partition coefficient (Wildman–Crippen LogP) is 2.46. The Kier molecular flexibility index (Phi) is 5.00. The van der Waals surface area contributed by atoms with E-state index in [1.54, 1.807) is 6.07 Å². The van der Waals surface area contributed by atoms with Gasteiger partial charge in [0, 0.05) is 43.0 Å². The van der Waals surface area contributed by atoms with E-state index in [2.05, 4.69) is 43.1 Å². The number of nitrogens with zero attached hydrogens (tertiary/aromatic N) is 2. The lowest BCUT2D eigenvalue weighted by Crippen LogP contribution is -2.32. The summed E-state index contributed by atoms with van der Waals surface area (Å²) in [5.41, 5.74) is 1.84. The Balaban J connectivity index is 2.17. The molecule has 1 N–H and O–H groups in total. The van der Waals surface area contributed by atoms with Crippen LogP contribution in [0.15, 0.2) is 18.2 Å².